The molecule has 1 aliphatic rings. The van der Waals surface area contributed by atoms with Crippen molar-refractivity contribution in [2.45, 2.75) is 32.7 Å². The Morgan fingerprint density at radius 3 is 2.87 bits per heavy atom. The van der Waals surface area contributed by atoms with Gasteiger partial charge in [-0.15, -0.1) is 11.3 Å². The van der Waals surface area contributed by atoms with Gasteiger partial charge in [-0.2, -0.15) is 0 Å². The molecule has 1 saturated heterocycles. The number of likely N-dealkylation sites (N-methyl/N-ethyl adjacent to an activating group) is 1. The summed E-state index contributed by atoms with van der Waals surface area (Å²) in [5.74, 6) is 0.169. The van der Waals surface area contributed by atoms with Gasteiger partial charge in [-0.3, -0.25) is 4.79 Å². The largest absolute Gasteiger partial charge is 0.349 e. The number of anilines is 1. The molecule has 1 fully saturated rings. The van der Waals surface area contributed by atoms with Crippen molar-refractivity contribution in [2.24, 2.45) is 0 Å². The minimum atomic E-state index is 0.169. The van der Waals surface area contributed by atoms with Crippen LogP contribution in [-0.2, 0) is 0 Å². The predicted octanol–water partition coefficient (Wildman–Crippen LogP) is 3.03. The number of rotatable bonds is 6. The summed E-state index contributed by atoms with van der Waals surface area (Å²) in [7, 11) is 1.95. The van der Waals surface area contributed by atoms with Crippen LogP contribution in [0, 0.1) is 0 Å². The number of carbonyl (C=O) groups excluding carboxylic acids is 1. The molecule has 0 bridgehead atoms. The van der Waals surface area contributed by atoms with E-state index >= 15 is 0 Å². The Bertz CT molecular complexity index is 645. The van der Waals surface area contributed by atoms with Gasteiger partial charge < -0.3 is 15.1 Å². The van der Waals surface area contributed by atoms with Crippen LogP contribution < -0.4 is 10.2 Å². The molecule has 7 heteroatoms. The molecular formula is C16H24N4OS2. The van der Waals surface area contributed by atoms with E-state index in [2.05, 4.69) is 24.1 Å². The number of nitrogens with zero attached hydrogens (tertiary/aromatic N) is 3. The minimum Gasteiger partial charge on any atom is -0.349 e. The first-order valence-electron chi connectivity index (χ1n) is 8.28. The van der Waals surface area contributed by atoms with Gasteiger partial charge in [0.05, 0.1) is 9.58 Å². The number of hydrogen-bond donors (Lipinski definition) is 1. The number of likely N-dealkylation sites (tertiary alicyclic amines) is 1. The zero-order valence-electron chi connectivity index (χ0n) is 14.0. The maximum absolute atomic E-state index is 12.8. The van der Waals surface area contributed by atoms with Crippen molar-refractivity contribution in [3.63, 3.8) is 0 Å². The SMILES string of the molecule is CCN(CC)c1nc2sc(C(=O)N3CCCC3CNC)cc2s1. The molecule has 3 rings (SSSR count). The number of nitrogens with one attached hydrogen (secondary N) is 1. The van der Waals surface area contributed by atoms with E-state index in [4.69, 9.17) is 4.98 Å². The number of fused-ring (bicyclic) bond motifs is 1. The Morgan fingerprint density at radius 2 is 2.22 bits per heavy atom. The van der Waals surface area contributed by atoms with E-state index in [1.807, 2.05) is 18.0 Å². The van der Waals surface area contributed by atoms with Crippen molar-refractivity contribution in [2.75, 3.05) is 38.1 Å². The molecule has 0 aliphatic carbocycles. The van der Waals surface area contributed by atoms with Gasteiger partial charge in [0.15, 0.2) is 5.13 Å². The minimum absolute atomic E-state index is 0.169. The van der Waals surface area contributed by atoms with Crippen LogP contribution in [0.1, 0.15) is 36.4 Å². The topological polar surface area (TPSA) is 48.5 Å². The van der Waals surface area contributed by atoms with E-state index in [0.717, 1.165) is 58.6 Å². The van der Waals surface area contributed by atoms with E-state index in [1.165, 1.54) is 11.3 Å². The summed E-state index contributed by atoms with van der Waals surface area (Å²) >= 11 is 3.22. The van der Waals surface area contributed by atoms with Crippen molar-refractivity contribution in [3.05, 3.63) is 10.9 Å². The summed E-state index contributed by atoms with van der Waals surface area (Å²) in [5.41, 5.74) is 0. The lowest BCUT2D eigenvalue weighted by molar-refractivity contribution is 0.0742. The number of thiazole rings is 1. The number of aromatic nitrogens is 1. The highest BCUT2D eigenvalue weighted by Crippen LogP contribution is 2.35. The zero-order valence-corrected chi connectivity index (χ0v) is 15.6. The van der Waals surface area contributed by atoms with Crippen molar-refractivity contribution in [3.8, 4) is 0 Å². The number of hydrogen-bond acceptors (Lipinski definition) is 6. The van der Waals surface area contributed by atoms with Gasteiger partial charge >= 0.3 is 0 Å². The van der Waals surface area contributed by atoms with Gasteiger partial charge in [-0.25, -0.2) is 4.98 Å². The average Bonchev–Trinajstić information content (AvgIpc) is 3.22. The van der Waals surface area contributed by atoms with E-state index < -0.39 is 0 Å². The summed E-state index contributed by atoms with van der Waals surface area (Å²) in [6.45, 7) is 7.95. The fourth-order valence-corrected chi connectivity index (χ4v) is 5.45. The van der Waals surface area contributed by atoms with Crippen LogP contribution >= 0.6 is 22.7 Å². The first kappa shape index (κ1) is 16.7. The summed E-state index contributed by atoms with van der Waals surface area (Å²) in [6.07, 6.45) is 2.19. The smallest absolute Gasteiger partial charge is 0.264 e. The monoisotopic (exact) mass is 352 g/mol. The Morgan fingerprint density at radius 1 is 1.43 bits per heavy atom. The molecule has 0 saturated carbocycles. The molecule has 0 radical (unpaired) electrons. The molecule has 5 nitrogen and oxygen atoms in total. The highest BCUT2D eigenvalue weighted by Gasteiger charge is 2.30. The van der Waals surface area contributed by atoms with E-state index in [9.17, 15) is 4.79 Å². The molecule has 0 spiro atoms. The lowest BCUT2D eigenvalue weighted by atomic mass is 10.2. The Labute approximate surface area is 145 Å². The van der Waals surface area contributed by atoms with Gasteiger partial charge in [0.25, 0.3) is 5.91 Å². The molecule has 1 amide bonds. The number of carbonyl (C=O) groups is 1. The van der Waals surface area contributed by atoms with Crippen LogP contribution in [0.4, 0.5) is 5.13 Å². The van der Waals surface area contributed by atoms with Crippen molar-refractivity contribution < 1.29 is 4.79 Å². The third kappa shape index (κ3) is 3.22. The average molecular weight is 353 g/mol. The van der Waals surface area contributed by atoms with Crippen LogP contribution in [0.3, 0.4) is 0 Å². The highest BCUT2D eigenvalue weighted by atomic mass is 32.1. The third-order valence-corrected chi connectivity index (χ3v) is 6.61. The summed E-state index contributed by atoms with van der Waals surface area (Å²) < 4.78 is 1.13. The molecule has 1 N–H and O–H groups in total. The van der Waals surface area contributed by atoms with Crippen LogP contribution in [-0.4, -0.2) is 55.1 Å². The fourth-order valence-electron chi connectivity index (χ4n) is 3.15. The van der Waals surface area contributed by atoms with Crippen LogP contribution in [0.25, 0.3) is 9.53 Å². The molecule has 126 valence electrons. The van der Waals surface area contributed by atoms with Gasteiger partial charge in [-0.05, 0) is 39.8 Å². The second-order valence-corrected chi connectivity index (χ2v) is 7.84. The number of amides is 1. The fraction of sp³-hybridized carbons (Fsp3) is 0.625. The zero-order chi connectivity index (χ0) is 16.4. The summed E-state index contributed by atoms with van der Waals surface area (Å²) in [5, 5.41) is 4.25. The molecule has 23 heavy (non-hydrogen) atoms. The lowest BCUT2D eigenvalue weighted by Crippen LogP contribution is -2.40. The Kier molecular flexibility index (Phi) is 5.18. The van der Waals surface area contributed by atoms with E-state index in [0.29, 0.717) is 6.04 Å². The van der Waals surface area contributed by atoms with Crippen molar-refractivity contribution in [1.29, 1.82) is 0 Å². The van der Waals surface area contributed by atoms with Crippen molar-refractivity contribution >= 4 is 43.2 Å². The van der Waals surface area contributed by atoms with Gasteiger partial charge in [0, 0.05) is 32.2 Å². The molecule has 2 aromatic heterocycles. The normalized spacial score (nSPS) is 18.0. The Balaban J connectivity index is 1.80. The van der Waals surface area contributed by atoms with Crippen LogP contribution in [0.2, 0.25) is 0 Å². The summed E-state index contributed by atoms with van der Waals surface area (Å²) in [6, 6.07) is 2.36. The lowest BCUT2D eigenvalue weighted by Gasteiger charge is -2.23. The maximum Gasteiger partial charge on any atom is 0.264 e. The number of thiophene rings is 1. The predicted molar refractivity (Wildman–Crippen MR) is 99.0 cm³/mol. The molecule has 1 atom stereocenters. The molecule has 2 aromatic rings. The van der Waals surface area contributed by atoms with Crippen LogP contribution in [0.5, 0.6) is 0 Å². The van der Waals surface area contributed by atoms with Crippen molar-refractivity contribution in [1.82, 2.24) is 15.2 Å². The highest BCUT2D eigenvalue weighted by molar-refractivity contribution is 7.29. The standard InChI is InChI=1S/C16H24N4OS2/c1-4-19(5-2)16-18-14-12(23-16)9-13(22-14)15(21)20-8-6-7-11(20)10-17-3/h9,11,17H,4-8,10H2,1-3H3. The van der Waals surface area contributed by atoms with Crippen LogP contribution in [0.15, 0.2) is 6.07 Å². The Hall–Kier alpha value is -1.18. The maximum atomic E-state index is 12.8. The quantitative estimate of drug-likeness (QED) is 0.868. The van der Waals surface area contributed by atoms with Gasteiger partial charge in [-0.1, -0.05) is 11.3 Å². The second-order valence-electron chi connectivity index (χ2n) is 5.80. The molecule has 3 heterocycles. The molecule has 1 aliphatic heterocycles. The van der Waals surface area contributed by atoms with E-state index in [-0.39, 0.29) is 5.91 Å². The first-order chi connectivity index (χ1) is 11.2. The first-order valence-corrected chi connectivity index (χ1v) is 9.92. The van der Waals surface area contributed by atoms with Gasteiger partial charge in [0.2, 0.25) is 0 Å². The molecule has 1 unspecified atom stereocenters. The van der Waals surface area contributed by atoms with E-state index in [1.54, 1.807) is 11.3 Å². The van der Waals surface area contributed by atoms with Gasteiger partial charge in [0.1, 0.15) is 4.83 Å². The second kappa shape index (κ2) is 7.15. The molecule has 0 aromatic carbocycles. The third-order valence-electron chi connectivity index (χ3n) is 4.40. The molecular weight excluding hydrogens is 328 g/mol. The summed E-state index contributed by atoms with van der Waals surface area (Å²) in [4.78, 5) is 23.6.